The van der Waals surface area contributed by atoms with E-state index in [-0.39, 0.29) is 6.10 Å². The molecule has 0 heterocycles. The molecule has 0 amide bonds. The molecule has 3 nitrogen and oxygen atoms in total. The monoisotopic (exact) mass is 222 g/mol. The quantitative estimate of drug-likeness (QED) is 0.778. The number of anilines is 2. The molecule has 0 aliphatic carbocycles. The topological polar surface area (TPSA) is 38.5 Å². The zero-order chi connectivity index (χ0) is 12.1. The summed E-state index contributed by atoms with van der Waals surface area (Å²) in [6, 6.07) is 5.93. The Hall–Kier alpha value is -1.38. The first-order valence-corrected chi connectivity index (χ1v) is 5.82. The summed E-state index contributed by atoms with van der Waals surface area (Å²) in [7, 11) is 2.08. The van der Waals surface area contributed by atoms with Crippen molar-refractivity contribution in [3.05, 3.63) is 18.2 Å². The summed E-state index contributed by atoms with van der Waals surface area (Å²) in [6.07, 6.45) is 1.27. The maximum Gasteiger partial charge on any atom is 0.144 e. The van der Waals surface area contributed by atoms with Crippen LogP contribution in [0.2, 0.25) is 0 Å². The molecule has 16 heavy (non-hydrogen) atoms. The highest BCUT2D eigenvalue weighted by atomic mass is 16.5. The average Bonchev–Trinajstić information content (AvgIpc) is 2.21. The molecule has 2 N–H and O–H groups in total. The molecule has 0 atom stereocenters. The van der Waals surface area contributed by atoms with Crippen LogP contribution in [-0.2, 0) is 0 Å². The summed E-state index contributed by atoms with van der Waals surface area (Å²) in [6.45, 7) is 7.20. The lowest BCUT2D eigenvalue weighted by molar-refractivity contribution is 0.244. The van der Waals surface area contributed by atoms with Crippen LogP contribution in [0.15, 0.2) is 18.2 Å². The van der Waals surface area contributed by atoms with Crippen molar-refractivity contribution in [2.24, 2.45) is 0 Å². The Kier molecular flexibility index (Phi) is 4.47. The van der Waals surface area contributed by atoms with Crippen LogP contribution in [-0.4, -0.2) is 19.7 Å². The van der Waals surface area contributed by atoms with E-state index in [0.717, 1.165) is 24.4 Å². The molecule has 3 heteroatoms. The lowest BCUT2D eigenvalue weighted by atomic mass is 10.2. The Morgan fingerprint density at radius 2 is 2.06 bits per heavy atom. The Morgan fingerprint density at radius 3 is 2.62 bits per heavy atom. The van der Waals surface area contributed by atoms with Crippen LogP contribution in [0.5, 0.6) is 5.75 Å². The highest BCUT2D eigenvalue weighted by molar-refractivity contribution is 5.62. The Labute approximate surface area is 98.2 Å². The van der Waals surface area contributed by atoms with Gasteiger partial charge in [0.2, 0.25) is 0 Å². The van der Waals surface area contributed by atoms with Gasteiger partial charge in [-0.25, -0.2) is 0 Å². The molecule has 0 aliphatic heterocycles. The van der Waals surface area contributed by atoms with Crippen molar-refractivity contribution in [2.45, 2.75) is 33.3 Å². The van der Waals surface area contributed by atoms with Gasteiger partial charge in [0.15, 0.2) is 0 Å². The van der Waals surface area contributed by atoms with Gasteiger partial charge in [-0.2, -0.15) is 0 Å². The third-order valence-corrected chi connectivity index (χ3v) is 2.36. The molecule has 1 aromatic rings. The molecule has 1 aromatic carbocycles. The molecule has 1 rings (SSSR count). The first-order chi connectivity index (χ1) is 7.54. The fraction of sp³-hybridized carbons (Fsp3) is 0.538. The molecular formula is C13H22N2O. The highest BCUT2D eigenvalue weighted by Gasteiger charge is 2.06. The fourth-order valence-corrected chi connectivity index (χ4v) is 1.58. The van der Waals surface area contributed by atoms with Crippen molar-refractivity contribution in [3.8, 4) is 5.75 Å². The van der Waals surface area contributed by atoms with E-state index >= 15 is 0 Å². The zero-order valence-corrected chi connectivity index (χ0v) is 10.7. The number of benzene rings is 1. The van der Waals surface area contributed by atoms with E-state index in [1.165, 1.54) is 0 Å². The minimum absolute atomic E-state index is 0.147. The van der Waals surface area contributed by atoms with Gasteiger partial charge in [-0.05, 0) is 32.4 Å². The molecule has 0 radical (unpaired) electrons. The third kappa shape index (κ3) is 3.33. The summed E-state index contributed by atoms with van der Waals surface area (Å²) in [4.78, 5) is 2.20. The number of nitrogens with two attached hydrogens (primary N) is 1. The lowest BCUT2D eigenvalue weighted by Crippen LogP contribution is -2.18. The van der Waals surface area contributed by atoms with Crippen LogP contribution in [0.3, 0.4) is 0 Å². The van der Waals surface area contributed by atoms with Crippen LogP contribution in [0.25, 0.3) is 0 Å². The number of nitrogen functional groups attached to an aromatic ring is 1. The molecule has 0 aromatic heterocycles. The van der Waals surface area contributed by atoms with E-state index in [4.69, 9.17) is 10.5 Å². The minimum atomic E-state index is 0.147. The standard InChI is InChI=1S/C13H22N2O/c1-5-8-15(4)11-6-7-12(14)13(9-11)16-10(2)3/h6-7,9-10H,5,8,14H2,1-4H3. The van der Waals surface area contributed by atoms with Crippen molar-refractivity contribution in [2.75, 3.05) is 24.2 Å². The molecule has 0 unspecified atom stereocenters. The van der Waals surface area contributed by atoms with Crippen molar-refractivity contribution in [1.82, 2.24) is 0 Å². The van der Waals surface area contributed by atoms with E-state index in [0.29, 0.717) is 5.69 Å². The summed E-state index contributed by atoms with van der Waals surface area (Å²) < 4.78 is 5.66. The van der Waals surface area contributed by atoms with Gasteiger partial charge in [0.05, 0.1) is 11.8 Å². The van der Waals surface area contributed by atoms with Gasteiger partial charge >= 0.3 is 0 Å². The summed E-state index contributed by atoms with van der Waals surface area (Å²) in [5.41, 5.74) is 7.71. The van der Waals surface area contributed by atoms with Gasteiger partial charge in [-0.15, -0.1) is 0 Å². The van der Waals surface area contributed by atoms with Crippen LogP contribution in [0.4, 0.5) is 11.4 Å². The summed E-state index contributed by atoms with van der Waals surface area (Å²) in [5.74, 6) is 0.774. The minimum Gasteiger partial charge on any atom is -0.489 e. The van der Waals surface area contributed by atoms with Gasteiger partial charge in [0.25, 0.3) is 0 Å². The summed E-state index contributed by atoms with van der Waals surface area (Å²) in [5, 5.41) is 0. The van der Waals surface area contributed by atoms with Crippen LogP contribution >= 0.6 is 0 Å². The number of nitrogens with zero attached hydrogens (tertiary/aromatic N) is 1. The largest absolute Gasteiger partial charge is 0.489 e. The second-order valence-corrected chi connectivity index (χ2v) is 4.31. The molecule has 0 spiro atoms. The molecule has 0 saturated carbocycles. The number of rotatable bonds is 5. The molecule has 90 valence electrons. The Morgan fingerprint density at radius 1 is 1.38 bits per heavy atom. The summed E-state index contributed by atoms with van der Waals surface area (Å²) >= 11 is 0. The number of hydrogen-bond donors (Lipinski definition) is 1. The molecular weight excluding hydrogens is 200 g/mol. The SMILES string of the molecule is CCCN(C)c1ccc(N)c(OC(C)C)c1. The van der Waals surface area contributed by atoms with Gasteiger partial charge in [-0.1, -0.05) is 6.92 Å². The van der Waals surface area contributed by atoms with Crippen LogP contribution < -0.4 is 15.4 Å². The maximum absolute atomic E-state index is 5.87. The maximum atomic E-state index is 5.87. The van der Waals surface area contributed by atoms with Crippen molar-refractivity contribution >= 4 is 11.4 Å². The van der Waals surface area contributed by atoms with E-state index in [9.17, 15) is 0 Å². The van der Waals surface area contributed by atoms with E-state index < -0.39 is 0 Å². The third-order valence-electron chi connectivity index (χ3n) is 2.36. The van der Waals surface area contributed by atoms with Crippen molar-refractivity contribution < 1.29 is 4.74 Å². The van der Waals surface area contributed by atoms with Gasteiger partial charge in [0.1, 0.15) is 5.75 Å². The van der Waals surface area contributed by atoms with Gasteiger partial charge in [0, 0.05) is 25.3 Å². The van der Waals surface area contributed by atoms with Gasteiger partial charge < -0.3 is 15.4 Å². The van der Waals surface area contributed by atoms with E-state index in [1.54, 1.807) is 0 Å². The van der Waals surface area contributed by atoms with Crippen molar-refractivity contribution in [1.29, 1.82) is 0 Å². The number of ether oxygens (including phenoxy) is 1. The highest BCUT2D eigenvalue weighted by Crippen LogP contribution is 2.28. The predicted octanol–water partition coefficient (Wildman–Crippen LogP) is 2.90. The molecule has 0 fully saturated rings. The van der Waals surface area contributed by atoms with Gasteiger partial charge in [-0.3, -0.25) is 0 Å². The second-order valence-electron chi connectivity index (χ2n) is 4.31. The van der Waals surface area contributed by atoms with E-state index in [2.05, 4.69) is 18.9 Å². The average molecular weight is 222 g/mol. The van der Waals surface area contributed by atoms with Crippen molar-refractivity contribution in [3.63, 3.8) is 0 Å². The molecule has 0 aliphatic rings. The van der Waals surface area contributed by atoms with E-state index in [1.807, 2.05) is 32.0 Å². The fourth-order valence-electron chi connectivity index (χ4n) is 1.58. The first-order valence-electron chi connectivity index (χ1n) is 5.82. The van der Waals surface area contributed by atoms with Crippen LogP contribution in [0, 0.1) is 0 Å². The normalized spacial score (nSPS) is 10.6. The Balaban J connectivity index is 2.88. The zero-order valence-electron chi connectivity index (χ0n) is 10.7. The number of hydrogen-bond acceptors (Lipinski definition) is 3. The molecule has 0 saturated heterocycles. The predicted molar refractivity (Wildman–Crippen MR) is 70.2 cm³/mol. The second kappa shape index (κ2) is 5.64. The lowest BCUT2D eigenvalue weighted by Gasteiger charge is -2.20. The smallest absolute Gasteiger partial charge is 0.144 e. The Bertz CT molecular complexity index is 337. The van der Waals surface area contributed by atoms with Crippen LogP contribution in [0.1, 0.15) is 27.2 Å². The first kappa shape index (κ1) is 12.7. The molecule has 0 bridgehead atoms.